The van der Waals surface area contributed by atoms with Gasteiger partial charge in [0.2, 0.25) is 5.89 Å². The average molecular weight is 240 g/mol. The van der Waals surface area contributed by atoms with Crippen LogP contribution in [-0.2, 0) is 22.6 Å². The summed E-state index contributed by atoms with van der Waals surface area (Å²) in [5.41, 5.74) is -0.711. The zero-order chi connectivity index (χ0) is 12.3. The highest BCUT2D eigenvalue weighted by molar-refractivity contribution is 5.75. The van der Waals surface area contributed by atoms with E-state index in [0.717, 1.165) is 12.8 Å². The topological polar surface area (TPSA) is 85.5 Å². The lowest BCUT2D eigenvalue weighted by molar-refractivity contribution is -0.148. The second-order valence-corrected chi connectivity index (χ2v) is 4.51. The fourth-order valence-corrected chi connectivity index (χ4v) is 2.36. The highest BCUT2D eigenvalue weighted by Gasteiger charge is 2.42. The summed E-state index contributed by atoms with van der Waals surface area (Å²) >= 11 is 0. The molecule has 0 bridgehead atoms. The highest BCUT2D eigenvalue weighted by atomic mass is 16.5. The fraction of sp³-hybridized carbons (Fsp3) is 0.727. The van der Waals surface area contributed by atoms with Gasteiger partial charge in [0.15, 0.2) is 5.82 Å². The summed E-state index contributed by atoms with van der Waals surface area (Å²) in [6.45, 7) is 0.281. The minimum Gasteiger partial charge on any atom is -0.481 e. The van der Waals surface area contributed by atoms with Crippen molar-refractivity contribution in [2.75, 3.05) is 7.11 Å². The number of ether oxygens (including phenoxy) is 1. The minimum atomic E-state index is -0.763. The SMILES string of the molecule is COCc1noc(CC2(C(=O)O)CCCC2)n1. The molecule has 6 heteroatoms. The van der Waals surface area contributed by atoms with Crippen LogP contribution in [-0.4, -0.2) is 28.3 Å². The molecule has 0 radical (unpaired) electrons. The first-order valence-corrected chi connectivity index (χ1v) is 5.70. The van der Waals surface area contributed by atoms with Gasteiger partial charge < -0.3 is 14.4 Å². The maximum Gasteiger partial charge on any atom is 0.310 e. The van der Waals surface area contributed by atoms with Crippen LogP contribution in [0.25, 0.3) is 0 Å². The van der Waals surface area contributed by atoms with Gasteiger partial charge in [-0.05, 0) is 12.8 Å². The molecule has 0 unspecified atom stereocenters. The van der Waals surface area contributed by atoms with Crippen molar-refractivity contribution >= 4 is 5.97 Å². The van der Waals surface area contributed by atoms with Gasteiger partial charge in [0.05, 0.1) is 5.41 Å². The first-order valence-electron chi connectivity index (χ1n) is 5.70. The second kappa shape index (κ2) is 4.83. The molecule has 6 nitrogen and oxygen atoms in total. The Balaban J connectivity index is 2.09. The molecule has 0 atom stereocenters. The van der Waals surface area contributed by atoms with Crippen molar-refractivity contribution in [3.8, 4) is 0 Å². The standard InChI is InChI=1S/C11H16N2O4/c1-16-7-8-12-9(17-13-8)6-11(10(14)15)4-2-3-5-11/h2-7H2,1H3,(H,14,15). The van der Waals surface area contributed by atoms with Crippen LogP contribution in [0.5, 0.6) is 0 Å². The monoisotopic (exact) mass is 240 g/mol. The Labute approximate surface area is 99.0 Å². The number of carboxylic acid groups (broad SMARTS) is 1. The van der Waals surface area contributed by atoms with E-state index in [9.17, 15) is 9.90 Å². The van der Waals surface area contributed by atoms with Gasteiger partial charge in [-0.2, -0.15) is 4.98 Å². The Kier molecular flexibility index (Phi) is 3.42. The summed E-state index contributed by atoms with van der Waals surface area (Å²) in [6.07, 6.45) is 3.59. The Hall–Kier alpha value is -1.43. The molecule has 0 saturated heterocycles. The molecule has 94 valence electrons. The second-order valence-electron chi connectivity index (χ2n) is 4.51. The van der Waals surface area contributed by atoms with Gasteiger partial charge in [-0.25, -0.2) is 0 Å². The van der Waals surface area contributed by atoms with Gasteiger partial charge in [-0.1, -0.05) is 18.0 Å². The molecule has 1 aliphatic carbocycles. The van der Waals surface area contributed by atoms with Crippen LogP contribution in [0.15, 0.2) is 4.52 Å². The van der Waals surface area contributed by atoms with Gasteiger partial charge in [0.25, 0.3) is 0 Å². The van der Waals surface area contributed by atoms with Crippen LogP contribution in [0.4, 0.5) is 0 Å². The number of rotatable bonds is 5. The summed E-state index contributed by atoms with van der Waals surface area (Å²) in [5, 5.41) is 13.1. The lowest BCUT2D eigenvalue weighted by atomic mass is 9.83. The summed E-state index contributed by atoms with van der Waals surface area (Å²) < 4.78 is 9.93. The van der Waals surface area contributed by atoms with Crippen molar-refractivity contribution in [1.82, 2.24) is 10.1 Å². The summed E-state index contributed by atoms with van der Waals surface area (Å²) in [4.78, 5) is 15.5. The molecule has 1 saturated carbocycles. The van der Waals surface area contributed by atoms with E-state index in [1.807, 2.05) is 0 Å². The Bertz CT molecular complexity index is 396. The van der Waals surface area contributed by atoms with E-state index >= 15 is 0 Å². The molecule has 1 N–H and O–H groups in total. The van der Waals surface area contributed by atoms with E-state index in [0.29, 0.717) is 31.0 Å². The van der Waals surface area contributed by atoms with Crippen LogP contribution >= 0.6 is 0 Å². The number of methoxy groups -OCH3 is 1. The third-order valence-corrected chi connectivity index (χ3v) is 3.29. The first kappa shape index (κ1) is 12.0. The normalized spacial score (nSPS) is 18.4. The lowest BCUT2D eigenvalue weighted by Gasteiger charge is -2.21. The zero-order valence-electron chi connectivity index (χ0n) is 9.81. The highest BCUT2D eigenvalue weighted by Crippen LogP contribution is 2.40. The van der Waals surface area contributed by atoms with Gasteiger partial charge >= 0.3 is 5.97 Å². The molecule has 1 heterocycles. The van der Waals surface area contributed by atoms with Crippen molar-refractivity contribution in [2.24, 2.45) is 5.41 Å². The van der Waals surface area contributed by atoms with Gasteiger partial charge in [0.1, 0.15) is 6.61 Å². The van der Waals surface area contributed by atoms with E-state index in [4.69, 9.17) is 9.26 Å². The van der Waals surface area contributed by atoms with E-state index in [1.54, 1.807) is 7.11 Å². The van der Waals surface area contributed by atoms with E-state index in [1.165, 1.54) is 0 Å². The summed E-state index contributed by atoms with van der Waals surface area (Å²) in [5.74, 6) is 0.0869. The van der Waals surface area contributed by atoms with Crippen molar-refractivity contribution < 1.29 is 19.2 Å². The van der Waals surface area contributed by atoms with Crippen molar-refractivity contribution in [3.05, 3.63) is 11.7 Å². The number of nitrogens with zero attached hydrogens (tertiary/aromatic N) is 2. The quantitative estimate of drug-likeness (QED) is 0.837. The fourth-order valence-electron chi connectivity index (χ4n) is 2.36. The molecular formula is C11H16N2O4. The number of hydrogen-bond donors (Lipinski definition) is 1. The number of carbonyl (C=O) groups is 1. The molecule has 2 rings (SSSR count). The Morgan fingerprint density at radius 2 is 2.24 bits per heavy atom. The molecule has 1 aromatic heterocycles. The summed E-state index contributed by atoms with van der Waals surface area (Å²) in [6, 6.07) is 0. The van der Waals surface area contributed by atoms with Gasteiger partial charge in [0, 0.05) is 13.5 Å². The molecule has 0 spiro atoms. The molecule has 0 aliphatic heterocycles. The van der Waals surface area contributed by atoms with Gasteiger partial charge in [-0.15, -0.1) is 0 Å². The van der Waals surface area contributed by atoms with Crippen molar-refractivity contribution in [2.45, 2.75) is 38.7 Å². The van der Waals surface area contributed by atoms with Crippen molar-refractivity contribution in [3.63, 3.8) is 0 Å². The summed E-state index contributed by atoms with van der Waals surface area (Å²) in [7, 11) is 1.55. The van der Waals surface area contributed by atoms with Crippen LogP contribution in [0.2, 0.25) is 0 Å². The third-order valence-electron chi connectivity index (χ3n) is 3.29. The number of carboxylic acids is 1. The van der Waals surface area contributed by atoms with Crippen LogP contribution < -0.4 is 0 Å². The Morgan fingerprint density at radius 3 is 2.82 bits per heavy atom. The maximum atomic E-state index is 11.3. The molecule has 1 aliphatic rings. The zero-order valence-corrected chi connectivity index (χ0v) is 9.81. The number of aliphatic carboxylic acids is 1. The predicted octanol–water partition coefficient (Wildman–Crippen LogP) is 1.40. The van der Waals surface area contributed by atoms with Crippen LogP contribution in [0.1, 0.15) is 37.4 Å². The molecule has 17 heavy (non-hydrogen) atoms. The predicted molar refractivity (Wildman–Crippen MR) is 57.3 cm³/mol. The van der Waals surface area contributed by atoms with E-state index in [2.05, 4.69) is 10.1 Å². The maximum absolute atomic E-state index is 11.3. The minimum absolute atomic E-state index is 0.281. The number of hydrogen-bond acceptors (Lipinski definition) is 5. The molecular weight excluding hydrogens is 224 g/mol. The van der Waals surface area contributed by atoms with Gasteiger partial charge in [-0.3, -0.25) is 4.79 Å². The number of aromatic nitrogens is 2. The molecule has 1 aromatic rings. The van der Waals surface area contributed by atoms with Crippen molar-refractivity contribution in [1.29, 1.82) is 0 Å². The average Bonchev–Trinajstić information content (AvgIpc) is 2.90. The van der Waals surface area contributed by atoms with E-state index in [-0.39, 0.29) is 6.61 Å². The first-order chi connectivity index (χ1) is 8.16. The Morgan fingerprint density at radius 1 is 1.53 bits per heavy atom. The lowest BCUT2D eigenvalue weighted by Crippen LogP contribution is -2.30. The third kappa shape index (κ3) is 2.46. The largest absolute Gasteiger partial charge is 0.481 e. The van der Waals surface area contributed by atoms with E-state index < -0.39 is 11.4 Å². The molecule has 1 fully saturated rings. The molecule has 0 aromatic carbocycles. The van der Waals surface area contributed by atoms with Crippen LogP contribution in [0, 0.1) is 5.41 Å². The van der Waals surface area contributed by atoms with Crippen LogP contribution in [0.3, 0.4) is 0 Å². The molecule has 0 amide bonds. The smallest absolute Gasteiger partial charge is 0.310 e.